The van der Waals surface area contributed by atoms with Gasteiger partial charge in [-0.15, -0.1) is 0 Å². The van der Waals surface area contributed by atoms with Gasteiger partial charge in [0.05, 0.1) is 0 Å². The molecule has 1 saturated carbocycles. The molecule has 3 heteroatoms. The van der Waals surface area contributed by atoms with Gasteiger partial charge in [-0.2, -0.15) is 0 Å². The van der Waals surface area contributed by atoms with Gasteiger partial charge in [0.25, 0.3) is 0 Å². The predicted octanol–water partition coefficient (Wildman–Crippen LogP) is 3.24. The molecule has 1 aliphatic carbocycles. The van der Waals surface area contributed by atoms with Gasteiger partial charge < -0.3 is 5.32 Å². The minimum absolute atomic E-state index is 0.536. The van der Waals surface area contributed by atoms with Crippen molar-refractivity contribution in [2.24, 2.45) is 11.8 Å². The van der Waals surface area contributed by atoms with Crippen LogP contribution in [0.3, 0.4) is 0 Å². The van der Waals surface area contributed by atoms with Crippen LogP contribution in [0, 0.1) is 11.8 Å². The van der Waals surface area contributed by atoms with Crippen LogP contribution in [0.5, 0.6) is 0 Å². The zero-order valence-electron chi connectivity index (χ0n) is 9.05. The summed E-state index contributed by atoms with van der Waals surface area (Å²) >= 11 is 3.39. The average Bonchev–Trinajstić information content (AvgIpc) is 2.77. The third kappa shape index (κ3) is 1.70. The quantitative estimate of drug-likeness (QED) is 0.834. The summed E-state index contributed by atoms with van der Waals surface area (Å²) in [6.07, 6.45) is 1.37. The van der Waals surface area contributed by atoms with Gasteiger partial charge in [-0.05, 0) is 55.5 Å². The van der Waals surface area contributed by atoms with Gasteiger partial charge in [0.2, 0.25) is 0 Å². The van der Waals surface area contributed by atoms with E-state index in [1.807, 2.05) is 24.3 Å². The van der Waals surface area contributed by atoms with Gasteiger partial charge in [0, 0.05) is 4.47 Å². The monoisotopic (exact) mass is 283 g/mol. The second-order valence-corrected chi connectivity index (χ2v) is 5.97. The highest BCUT2D eigenvalue weighted by molar-refractivity contribution is 9.10. The van der Waals surface area contributed by atoms with Crippen molar-refractivity contribution in [3.8, 4) is 0 Å². The van der Waals surface area contributed by atoms with Gasteiger partial charge in [-0.1, -0.05) is 28.1 Å². The molecular weight excluding hydrogens is 269 g/mol. The van der Waals surface area contributed by atoms with Gasteiger partial charge in [-0.3, -0.25) is 0 Å². The molecule has 0 spiro atoms. The molecule has 2 atom stereocenters. The summed E-state index contributed by atoms with van der Waals surface area (Å²) in [4.78, 5) is 0. The molecule has 1 N–H and O–H groups in total. The standard InChI is InChI=1S/C13H15BrFN/c14-12-3-1-11(2-4-12)13(15)5-9-7-16-8-10(9)6-13/h1-4,9-10,16H,5-8H2. The fraction of sp³-hybridized carbons (Fsp3) is 0.538. The second kappa shape index (κ2) is 3.81. The van der Waals surface area contributed by atoms with E-state index in [0.29, 0.717) is 24.7 Å². The van der Waals surface area contributed by atoms with Crippen LogP contribution in [-0.4, -0.2) is 13.1 Å². The largest absolute Gasteiger partial charge is 0.316 e. The lowest BCUT2D eigenvalue weighted by Gasteiger charge is -2.21. The van der Waals surface area contributed by atoms with Gasteiger partial charge in [0.1, 0.15) is 5.67 Å². The number of hydrogen-bond donors (Lipinski definition) is 1. The molecule has 1 aromatic rings. The Balaban J connectivity index is 1.86. The third-order valence-electron chi connectivity index (χ3n) is 4.01. The molecule has 2 unspecified atom stereocenters. The number of benzene rings is 1. The lowest BCUT2D eigenvalue weighted by Crippen LogP contribution is -2.21. The van der Waals surface area contributed by atoms with E-state index in [9.17, 15) is 4.39 Å². The van der Waals surface area contributed by atoms with E-state index in [4.69, 9.17) is 0 Å². The Labute approximate surface area is 104 Å². The van der Waals surface area contributed by atoms with Crippen LogP contribution < -0.4 is 5.32 Å². The summed E-state index contributed by atoms with van der Waals surface area (Å²) in [6, 6.07) is 7.70. The third-order valence-corrected chi connectivity index (χ3v) is 4.54. The topological polar surface area (TPSA) is 12.0 Å². The van der Waals surface area contributed by atoms with Crippen LogP contribution in [0.2, 0.25) is 0 Å². The highest BCUT2D eigenvalue weighted by Crippen LogP contribution is 2.49. The van der Waals surface area contributed by atoms with Crippen LogP contribution >= 0.6 is 15.9 Å². The Bertz CT molecular complexity index is 377. The van der Waals surface area contributed by atoms with Crippen molar-refractivity contribution in [2.75, 3.05) is 13.1 Å². The number of hydrogen-bond acceptors (Lipinski definition) is 1. The number of alkyl halides is 1. The maximum atomic E-state index is 14.9. The normalized spacial score (nSPS) is 37.6. The Morgan fingerprint density at radius 2 is 1.69 bits per heavy atom. The van der Waals surface area contributed by atoms with E-state index >= 15 is 0 Å². The molecular formula is C13H15BrFN. The zero-order valence-corrected chi connectivity index (χ0v) is 10.6. The molecule has 1 nitrogen and oxygen atoms in total. The molecule has 0 bridgehead atoms. The van der Waals surface area contributed by atoms with E-state index in [1.165, 1.54) is 0 Å². The maximum Gasteiger partial charge on any atom is 0.136 e. The molecule has 3 rings (SSSR count). The van der Waals surface area contributed by atoms with Gasteiger partial charge in [-0.25, -0.2) is 4.39 Å². The minimum atomic E-state index is -1.09. The summed E-state index contributed by atoms with van der Waals surface area (Å²) in [7, 11) is 0. The number of rotatable bonds is 1. The molecule has 0 radical (unpaired) electrons. The Morgan fingerprint density at radius 1 is 1.12 bits per heavy atom. The van der Waals surface area contributed by atoms with Crippen LogP contribution in [0.25, 0.3) is 0 Å². The molecule has 2 aliphatic rings. The fourth-order valence-corrected chi connectivity index (χ4v) is 3.43. The SMILES string of the molecule is FC1(c2ccc(Br)cc2)CC2CNCC2C1. The fourth-order valence-electron chi connectivity index (χ4n) is 3.16. The van der Waals surface area contributed by atoms with Crippen molar-refractivity contribution in [1.29, 1.82) is 0 Å². The second-order valence-electron chi connectivity index (χ2n) is 5.06. The van der Waals surface area contributed by atoms with Crippen LogP contribution in [0.4, 0.5) is 4.39 Å². The summed E-state index contributed by atoms with van der Waals surface area (Å²) < 4.78 is 15.9. The van der Waals surface area contributed by atoms with Crippen LogP contribution in [-0.2, 0) is 5.67 Å². The number of fused-ring (bicyclic) bond motifs is 1. The lowest BCUT2D eigenvalue weighted by molar-refractivity contribution is 0.161. The van der Waals surface area contributed by atoms with E-state index in [1.54, 1.807) is 0 Å². The summed E-state index contributed by atoms with van der Waals surface area (Å²) in [5, 5.41) is 3.35. The van der Waals surface area contributed by atoms with Crippen molar-refractivity contribution in [3.63, 3.8) is 0 Å². The molecule has 0 amide bonds. The minimum Gasteiger partial charge on any atom is -0.316 e. The first-order valence-corrected chi connectivity index (χ1v) is 6.62. The van der Waals surface area contributed by atoms with Crippen molar-refractivity contribution in [2.45, 2.75) is 18.5 Å². The lowest BCUT2D eigenvalue weighted by atomic mass is 9.92. The maximum absolute atomic E-state index is 14.9. The Hall–Kier alpha value is -0.410. The molecule has 1 aliphatic heterocycles. The molecule has 0 aromatic heterocycles. The molecule has 16 heavy (non-hydrogen) atoms. The smallest absolute Gasteiger partial charge is 0.136 e. The van der Waals surface area contributed by atoms with Crippen molar-refractivity contribution >= 4 is 15.9 Å². The number of halogens is 2. The Kier molecular flexibility index (Phi) is 2.55. The molecule has 86 valence electrons. The molecule has 1 saturated heterocycles. The van der Waals surface area contributed by atoms with Crippen molar-refractivity contribution < 1.29 is 4.39 Å². The first-order chi connectivity index (χ1) is 7.67. The van der Waals surface area contributed by atoms with E-state index < -0.39 is 5.67 Å². The predicted molar refractivity (Wildman–Crippen MR) is 66.0 cm³/mol. The first kappa shape index (κ1) is 10.7. The average molecular weight is 284 g/mol. The van der Waals surface area contributed by atoms with E-state index in [0.717, 1.165) is 23.1 Å². The number of nitrogens with one attached hydrogen (secondary N) is 1. The zero-order chi connectivity index (χ0) is 11.2. The van der Waals surface area contributed by atoms with E-state index in [-0.39, 0.29) is 0 Å². The highest BCUT2D eigenvalue weighted by atomic mass is 79.9. The molecule has 1 heterocycles. The molecule has 1 aromatic carbocycles. The van der Waals surface area contributed by atoms with Crippen LogP contribution in [0.15, 0.2) is 28.7 Å². The Morgan fingerprint density at radius 3 is 2.25 bits per heavy atom. The summed E-state index contributed by atoms with van der Waals surface area (Å²) in [6.45, 7) is 1.99. The summed E-state index contributed by atoms with van der Waals surface area (Å²) in [5.74, 6) is 1.07. The van der Waals surface area contributed by atoms with Gasteiger partial charge >= 0.3 is 0 Å². The first-order valence-electron chi connectivity index (χ1n) is 5.83. The van der Waals surface area contributed by atoms with Crippen LogP contribution in [0.1, 0.15) is 18.4 Å². The summed E-state index contributed by atoms with van der Waals surface area (Å²) in [5.41, 5.74) is -0.233. The van der Waals surface area contributed by atoms with Crippen molar-refractivity contribution in [1.82, 2.24) is 5.32 Å². The highest BCUT2D eigenvalue weighted by Gasteiger charge is 2.48. The van der Waals surface area contributed by atoms with Crippen molar-refractivity contribution in [3.05, 3.63) is 34.3 Å². The van der Waals surface area contributed by atoms with E-state index in [2.05, 4.69) is 21.2 Å². The van der Waals surface area contributed by atoms with Gasteiger partial charge in [0.15, 0.2) is 0 Å². The molecule has 2 fully saturated rings.